The van der Waals surface area contributed by atoms with E-state index in [9.17, 15) is 29.7 Å². The van der Waals surface area contributed by atoms with Gasteiger partial charge in [0.05, 0.1) is 12.0 Å². The van der Waals surface area contributed by atoms with Crippen molar-refractivity contribution < 1.29 is 34.8 Å². The Bertz CT molecular complexity index is 1120. The van der Waals surface area contributed by atoms with E-state index in [0.29, 0.717) is 0 Å². The van der Waals surface area contributed by atoms with Crippen molar-refractivity contribution in [2.24, 2.45) is 5.73 Å². The summed E-state index contributed by atoms with van der Waals surface area (Å²) >= 11 is 0. The Balaban J connectivity index is 1.89. The molecule has 2 aliphatic heterocycles. The first-order valence-electron chi connectivity index (χ1n) is 10.5. The van der Waals surface area contributed by atoms with E-state index < -0.39 is 40.8 Å². The monoisotopic (exact) mass is 455 g/mol. The third-order valence-corrected chi connectivity index (χ3v) is 6.41. The van der Waals surface area contributed by atoms with Crippen molar-refractivity contribution >= 4 is 17.8 Å². The summed E-state index contributed by atoms with van der Waals surface area (Å²) in [4.78, 5) is 38.0. The Morgan fingerprint density at radius 1 is 1.18 bits per heavy atom. The SMILES string of the molecule is NC1(Cc2ccccc2)c2c(O)cc(O)cc2C(C(=O)NCCC(=O)O)N2C(=O)CCC21O. The predicted molar refractivity (Wildman–Crippen MR) is 115 cm³/mol. The largest absolute Gasteiger partial charge is 0.508 e. The van der Waals surface area contributed by atoms with Crippen LogP contribution in [0, 0.1) is 0 Å². The van der Waals surface area contributed by atoms with Crippen LogP contribution in [0.25, 0.3) is 0 Å². The van der Waals surface area contributed by atoms with Gasteiger partial charge in [0.1, 0.15) is 17.5 Å². The summed E-state index contributed by atoms with van der Waals surface area (Å²) in [6, 6.07) is 9.86. The Kier molecular flexibility index (Phi) is 5.51. The zero-order valence-electron chi connectivity index (χ0n) is 17.7. The molecule has 33 heavy (non-hydrogen) atoms. The first-order chi connectivity index (χ1) is 15.6. The van der Waals surface area contributed by atoms with Crippen LogP contribution in [0.5, 0.6) is 11.5 Å². The fraction of sp³-hybridized carbons (Fsp3) is 0.348. The highest BCUT2D eigenvalue weighted by atomic mass is 16.4. The number of carbonyl (C=O) groups is 3. The molecule has 1 fully saturated rings. The standard InChI is InChI=1S/C23H25N3O7/c24-22(12-13-4-2-1-3-5-13)19-15(10-14(27)11-16(19)28)20(21(32)25-9-7-18(30)31)26-17(29)6-8-23(22,26)33/h1-5,10-11,20,27-28,33H,6-9,12,24H2,(H,25,32)(H,30,31). The van der Waals surface area contributed by atoms with Gasteiger partial charge in [0.25, 0.3) is 0 Å². The van der Waals surface area contributed by atoms with Gasteiger partial charge < -0.3 is 31.5 Å². The average molecular weight is 455 g/mol. The van der Waals surface area contributed by atoms with Gasteiger partial charge in [0, 0.05) is 31.0 Å². The summed E-state index contributed by atoms with van der Waals surface area (Å²) in [5.41, 5.74) is 3.97. The van der Waals surface area contributed by atoms with E-state index in [2.05, 4.69) is 5.32 Å². The van der Waals surface area contributed by atoms with Crippen LogP contribution < -0.4 is 11.1 Å². The van der Waals surface area contributed by atoms with Crippen LogP contribution in [0.3, 0.4) is 0 Å². The second-order valence-corrected chi connectivity index (χ2v) is 8.48. The van der Waals surface area contributed by atoms with Crippen molar-refractivity contribution in [1.82, 2.24) is 10.2 Å². The molecule has 0 aliphatic carbocycles. The number of hydrogen-bond donors (Lipinski definition) is 6. The van der Waals surface area contributed by atoms with E-state index >= 15 is 0 Å². The molecular weight excluding hydrogens is 430 g/mol. The van der Waals surface area contributed by atoms with E-state index in [1.54, 1.807) is 24.3 Å². The molecule has 0 aromatic heterocycles. The number of phenolic OH excluding ortho intramolecular Hbond substituents is 2. The molecule has 2 aliphatic rings. The lowest BCUT2D eigenvalue weighted by Gasteiger charge is -2.54. The van der Waals surface area contributed by atoms with Crippen molar-refractivity contribution in [3.8, 4) is 11.5 Å². The molecule has 0 spiro atoms. The number of amides is 2. The number of rotatable bonds is 6. The summed E-state index contributed by atoms with van der Waals surface area (Å²) in [5.74, 6) is -3.16. The summed E-state index contributed by atoms with van der Waals surface area (Å²) in [7, 11) is 0. The second kappa shape index (κ2) is 8.05. The maximum Gasteiger partial charge on any atom is 0.305 e. The number of benzene rings is 2. The van der Waals surface area contributed by atoms with Crippen LogP contribution in [0.1, 0.15) is 42.0 Å². The third-order valence-electron chi connectivity index (χ3n) is 6.41. The van der Waals surface area contributed by atoms with Gasteiger partial charge in [-0.3, -0.25) is 19.3 Å². The molecule has 10 nitrogen and oxygen atoms in total. The Morgan fingerprint density at radius 3 is 2.55 bits per heavy atom. The highest BCUT2D eigenvalue weighted by molar-refractivity contribution is 5.92. The molecule has 2 heterocycles. The molecule has 10 heteroatoms. The first-order valence-corrected chi connectivity index (χ1v) is 10.5. The summed E-state index contributed by atoms with van der Waals surface area (Å²) in [6.07, 6.45) is -0.464. The molecule has 0 radical (unpaired) electrons. The number of phenols is 2. The minimum atomic E-state index is -2.02. The van der Waals surface area contributed by atoms with E-state index in [1.807, 2.05) is 6.07 Å². The number of nitrogens with zero attached hydrogens (tertiary/aromatic N) is 1. The topological polar surface area (TPSA) is 173 Å². The number of aliphatic carboxylic acids is 1. The number of hydrogen-bond acceptors (Lipinski definition) is 7. The minimum Gasteiger partial charge on any atom is -0.508 e. The van der Waals surface area contributed by atoms with Crippen molar-refractivity contribution in [1.29, 1.82) is 0 Å². The molecule has 174 valence electrons. The first kappa shape index (κ1) is 22.6. The molecule has 2 aromatic rings. The normalized spacial score (nSPS) is 25.9. The number of nitrogens with two attached hydrogens (primary N) is 1. The van der Waals surface area contributed by atoms with Crippen molar-refractivity contribution in [2.45, 2.75) is 43.0 Å². The van der Waals surface area contributed by atoms with Gasteiger partial charge in [-0.1, -0.05) is 30.3 Å². The van der Waals surface area contributed by atoms with Gasteiger partial charge in [-0.25, -0.2) is 0 Å². The Labute approximate surface area is 189 Å². The molecule has 2 amide bonds. The maximum absolute atomic E-state index is 13.2. The summed E-state index contributed by atoms with van der Waals surface area (Å²) in [5, 5.41) is 44.2. The predicted octanol–water partition coefficient (Wildman–Crippen LogP) is 0.451. The zero-order valence-corrected chi connectivity index (χ0v) is 17.7. The van der Waals surface area contributed by atoms with Crippen LogP contribution in [0.15, 0.2) is 42.5 Å². The van der Waals surface area contributed by atoms with Crippen LogP contribution in [-0.4, -0.2) is 55.4 Å². The highest BCUT2D eigenvalue weighted by Gasteiger charge is 2.65. The molecule has 0 bridgehead atoms. The minimum absolute atomic E-state index is 0.0345. The van der Waals surface area contributed by atoms with E-state index in [1.165, 1.54) is 6.07 Å². The molecule has 2 aromatic carbocycles. The van der Waals surface area contributed by atoms with Crippen molar-refractivity contribution in [3.05, 3.63) is 59.2 Å². The number of fused-ring (bicyclic) bond motifs is 2. The lowest BCUT2D eigenvalue weighted by Crippen LogP contribution is -2.70. The molecule has 7 N–H and O–H groups in total. The molecule has 0 saturated carbocycles. The van der Waals surface area contributed by atoms with Crippen LogP contribution in [0.4, 0.5) is 0 Å². The Morgan fingerprint density at radius 2 is 1.88 bits per heavy atom. The molecule has 4 rings (SSSR count). The number of nitrogens with one attached hydrogen (secondary N) is 1. The number of aliphatic hydroxyl groups is 1. The Hall–Kier alpha value is -3.63. The van der Waals surface area contributed by atoms with Gasteiger partial charge in [-0.15, -0.1) is 0 Å². The van der Waals surface area contributed by atoms with Crippen LogP contribution in [-0.2, 0) is 26.3 Å². The van der Waals surface area contributed by atoms with E-state index in [-0.39, 0.29) is 49.1 Å². The average Bonchev–Trinajstić information content (AvgIpc) is 3.04. The number of carboxylic acid groups (broad SMARTS) is 1. The molecule has 1 saturated heterocycles. The van der Waals surface area contributed by atoms with E-state index in [4.69, 9.17) is 10.8 Å². The van der Waals surface area contributed by atoms with Crippen LogP contribution >= 0.6 is 0 Å². The quantitative estimate of drug-likeness (QED) is 0.364. The van der Waals surface area contributed by atoms with Gasteiger partial charge in [0.2, 0.25) is 11.8 Å². The second-order valence-electron chi connectivity index (χ2n) is 8.48. The fourth-order valence-corrected chi connectivity index (χ4v) is 4.99. The van der Waals surface area contributed by atoms with Crippen LogP contribution in [0.2, 0.25) is 0 Å². The lowest BCUT2D eigenvalue weighted by atomic mass is 9.68. The number of carboxylic acids is 1. The zero-order chi connectivity index (χ0) is 24.0. The highest BCUT2D eigenvalue weighted by Crippen LogP contribution is 2.56. The molecular formula is C23H25N3O7. The van der Waals surface area contributed by atoms with Gasteiger partial charge in [-0.2, -0.15) is 0 Å². The summed E-state index contributed by atoms with van der Waals surface area (Å²) < 4.78 is 0. The molecule has 3 unspecified atom stereocenters. The maximum atomic E-state index is 13.2. The van der Waals surface area contributed by atoms with E-state index in [0.717, 1.165) is 16.5 Å². The molecule has 3 atom stereocenters. The summed E-state index contributed by atoms with van der Waals surface area (Å²) in [6.45, 7) is -0.205. The van der Waals surface area contributed by atoms with Gasteiger partial charge in [-0.05, 0) is 23.6 Å². The number of aromatic hydroxyl groups is 2. The smallest absolute Gasteiger partial charge is 0.305 e. The fourth-order valence-electron chi connectivity index (χ4n) is 4.99. The lowest BCUT2D eigenvalue weighted by molar-refractivity contribution is -0.185. The number of carbonyl (C=O) groups excluding carboxylic acids is 2. The van der Waals surface area contributed by atoms with Crippen molar-refractivity contribution in [2.75, 3.05) is 6.54 Å². The van der Waals surface area contributed by atoms with Crippen molar-refractivity contribution in [3.63, 3.8) is 0 Å². The van der Waals surface area contributed by atoms with Gasteiger partial charge >= 0.3 is 5.97 Å². The third kappa shape index (κ3) is 3.57. The van der Waals surface area contributed by atoms with Gasteiger partial charge in [0.15, 0.2) is 5.72 Å².